The van der Waals surface area contributed by atoms with E-state index >= 15 is 0 Å². The molecule has 0 radical (unpaired) electrons. The minimum Gasteiger partial charge on any atom is -0.476 e. The lowest BCUT2D eigenvalue weighted by molar-refractivity contribution is -0.385. The van der Waals surface area contributed by atoms with E-state index in [0.29, 0.717) is 11.1 Å². The van der Waals surface area contributed by atoms with E-state index in [1.807, 2.05) is 0 Å². The Morgan fingerprint density at radius 3 is 2.58 bits per heavy atom. The maximum atomic E-state index is 10.9. The maximum Gasteiger partial charge on any atom is 0.358 e. The predicted octanol–water partition coefficient (Wildman–Crippen LogP) is 2.56. The Morgan fingerprint density at radius 2 is 2.11 bits per heavy atom. The smallest absolute Gasteiger partial charge is 0.358 e. The number of hydrogen-bond donors (Lipinski definition) is 1. The molecule has 0 bridgehead atoms. The van der Waals surface area contributed by atoms with Crippen molar-refractivity contribution in [1.82, 2.24) is 4.98 Å². The van der Waals surface area contributed by atoms with E-state index in [1.54, 1.807) is 6.92 Å². The fraction of sp³-hybridized carbons (Fsp3) is 0.167. The Morgan fingerprint density at radius 1 is 1.42 bits per heavy atom. The molecule has 0 aliphatic carbocycles. The van der Waals surface area contributed by atoms with Crippen LogP contribution in [0.15, 0.2) is 22.6 Å². The summed E-state index contributed by atoms with van der Waals surface area (Å²) in [5.41, 5.74) is 0.783. The Labute approximate surface area is 107 Å². The zero-order valence-corrected chi connectivity index (χ0v) is 10.2. The Bertz CT molecular complexity index is 675. The molecule has 0 amide bonds. The van der Waals surface area contributed by atoms with Gasteiger partial charge in [-0.05, 0) is 26.0 Å². The lowest BCUT2D eigenvalue weighted by Crippen LogP contribution is -1.98. The van der Waals surface area contributed by atoms with Gasteiger partial charge in [-0.2, -0.15) is 0 Å². The largest absolute Gasteiger partial charge is 0.476 e. The lowest BCUT2D eigenvalue weighted by atomic mass is 10.1. The van der Waals surface area contributed by atoms with E-state index in [9.17, 15) is 14.9 Å². The molecule has 7 heteroatoms. The summed E-state index contributed by atoms with van der Waals surface area (Å²) in [6.07, 6.45) is 0. The second-order valence-corrected chi connectivity index (χ2v) is 3.99. The van der Waals surface area contributed by atoms with Crippen molar-refractivity contribution in [1.29, 1.82) is 0 Å². The number of nitrogens with zero attached hydrogens (tertiary/aromatic N) is 2. The number of aromatic carboxylic acids is 1. The zero-order chi connectivity index (χ0) is 14.2. The SMILES string of the molecule is Cc1cc(-c2nc(C(=O)O)c(C)o2)ccc1[N+](=O)[O-]. The number of carbonyl (C=O) groups is 1. The summed E-state index contributed by atoms with van der Waals surface area (Å²) in [5, 5.41) is 19.6. The van der Waals surface area contributed by atoms with Crippen LogP contribution in [0.4, 0.5) is 5.69 Å². The molecule has 0 unspecified atom stereocenters. The first-order valence-corrected chi connectivity index (χ1v) is 5.36. The van der Waals surface area contributed by atoms with Crippen molar-refractivity contribution in [2.75, 3.05) is 0 Å². The van der Waals surface area contributed by atoms with E-state index in [0.717, 1.165) is 0 Å². The molecule has 0 spiro atoms. The van der Waals surface area contributed by atoms with Gasteiger partial charge in [-0.3, -0.25) is 10.1 Å². The summed E-state index contributed by atoms with van der Waals surface area (Å²) in [4.78, 5) is 24.9. The normalized spacial score (nSPS) is 10.4. The van der Waals surface area contributed by atoms with E-state index in [4.69, 9.17) is 9.52 Å². The maximum absolute atomic E-state index is 10.9. The highest BCUT2D eigenvalue weighted by Crippen LogP contribution is 2.26. The topological polar surface area (TPSA) is 106 Å². The van der Waals surface area contributed by atoms with E-state index in [1.165, 1.54) is 25.1 Å². The highest BCUT2D eigenvalue weighted by atomic mass is 16.6. The van der Waals surface area contributed by atoms with Crippen LogP contribution >= 0.6 is 0 Å². The number of aromatic nitrogens is 1. The number of benzene rings is 1. The van der Waals surface area contributed by atoms with Crippen molar-refractivity contribution >= 4 is 11.7 Å². The van der Waals surface area contributed by atoms with Crippen LogP contribution in [-0.4, -0.2) is 21.0 Å². The zero-order valence-electron chi connectivity index (χ0n) is 10.2. The summed E-state index contributed by atoms with van der Waals surface area (Å²) in [5.74, 6) is -0.850. The molecule has 1 aromatic heterocycles. The first-order chi connectivity index (χ1) is 8.90. The molecule has 1 heterocycles. The van der Waals surface area contributed by atoms with Gasteiger partial charge < -0.3 is 9.52 Å². The van der Waals surface area contributed by atoms with Crippen LogP contribution < -0.4 is 0 Å². The number of hydrogen-bond acceptors (Lipinski definition) is 5. The van der Waals surface area contributed by atoms with E-state index < -0.39 is 10.9 Å². The lowest BCUT2D eigenvalue weighted by Gasteiger charge is -1.99. The minimum atomic E-state index is -1.17. The molecule has 1 aromatic carbocycles. The summed E-state index contributed by atoms with van der Waals surface area (Å²) in [6, 6.07) is 4.35. The summed E-state index contributed by atoms with van der Waals surface area (Å²) in [6.45, 7) is 3.09. The standard InChI is InChI=1S/C12H10N2O5/c1-6-5-8(3-4-9(6)14(17)18)11-13-10(12(15)16)7(2)19-11/h3-5H,1-2H3,(H,15,16). The van der Waals surface area contributed by atoms with Crippen molar-refractivity contribution < 1.29 is 19.2 Å². The van der Waals surface area contributed by atoms with Crippen LogP contribution in [-0.2, 0) is 0 Å². The van der Waals surface area contributed by atoms with Gasteiger partial charge in [0.25, 0.3) is 5.69 Å². The number of carboxylic acid groups (broad SMARTS) is 1. The third kappa shape index (κ3) is 2.30. The second-order valence-electron chi connectivity index (χ2n) is 3.99. The van der Waals surface area contributed by atoms with Gasteiger partial charge in [0.05, 0.1) is 4.92 Å². The van der Waals surface area contributed by atoms with Crippen molar-refractivity contribution in [3.05, 3.63) is 45.3 Å². The summed E-state index contributed by atoms with van der Waals surface area (Å²) >= 11 is 0. The van der Waals surface area contributed by atoms with Gasteiger partial charge in [0.15, 0.2) is 5.69 Å². The van der Waals surface area contributed by atoms with Crippen LogP contribution in [0.3, 0.4) is 0 Å². The molecule has 0 atom stereocenters. The molecule has 98 valence electrons. The highest BCUT2D eigenvalue weighted by molar-refractivity contribution is 5.87. The number of nitro benzene ring substituents is 1. The Kier molecular flexibility index (Phi) is 3.04. The first-order valence-electron chi connectivity index (χ1n) is 5.36. The van der Waals surface area contributed by atoms with Crippen molar-refractivity contribution in [2.45, 2.75) is 13.8 Å². The van der Waals surface area contributed by atoms with Crippen molar-refractivity contribution in [2.24, 2.45) is 0 Å². The molecular formula is C12H10N2O5. The van der Waals surface area contributed by atoms with Gasteiger partial charge in [0.1, 0.15) is 5.76 Å². The number of nitro groups is 1. The number of oxazole rings is 1. The van der Waals surface area contributed by atoms with Crippen LogP contribution in [0.2, 0.25) is 0 Å². The number of rotatable bonds is 3. The average molecular weight is 262 g/mol. The first kappa shape index (κ1) is 12.7. The molecule has 0 aliphatic heterocycles. The van der Waals surface area contributed by atoms with Crippen LogP contribution in [0, 0.1) is 24.0 Å². The Balaban J connectivity index is 2.48. The molecule has 0 fully saturated rings. The highest BCUT2D eigenvalue weighted by Gasteiger charge is 2.18. The number of aryl methyl sites for hydroxylation is 2. The van der Waals surface area contributed by atoms with Crippen LogP contribution in [0.25, 0.3) is 11.5 Å². The fourth-order valence-electron chi connectivity index (χ4n) is 1.71. The monoisotopic (exact) mass is 262 g/mol. The average Bonchev–Trinajstić information content (AvgIpc) is 2.70. The molecule has 0 aliphatic rings. The van der Waals surface area contributed by atoms with E-state index in [-0.39, 0.29) is 23.0 Å². The van der Waals surface area contributed by atoms with Crippen molar-refractivity contribution in [3.8, 4) is 11.5 Å². The van der Waals surface area contributed by atoms with E-state index in [2.05, 4.69) is 4.98 Å². The number of carboxylic acids is 1. The quantitative estimate of drug-likeness (QED) is 0.672. The molecule has 0 saturated carbocycles. The molecule has 1 N–H and O–H groups in total. The van der Waals surface area contributed by atoms with Gasteiger partial charge in [-0.15, -0.1) is 0 Å². The van der Waals surface area contributed by atoms with Gasteiger partial charge >= 0.3 is 5.97 Å². The predicted molar refractivity (Wildman–Crippen MR) is 65.0 cm³/mol. The van der Waals surface area contributed by atoms with Gasteiger partial charge in [0.2, 0.25) is 5.89 Å². The molecule has 19 heavy (non-hydrogen) atoms. The van der Waals surface area contributed by atoms with Gasteiger partial charge in [-0.25, -0.2) is 9.78 Å². The molecule has 7 nitrogen and oxygen atoms in total. The molecule has 2 rings (SSSR count). The third-order valence-corrected chi connectivity index (χ3v) is 2.64. The fourth-order valence-corrected chi connectivity index (χ4v) is 1.71. The van der Waals surface area contributed by atoms with Crippen LogP contribution in [0.1, 0.15) is 21.8 Å². The summed E-state index contributed by atoms with van der Waals surface area (Å²) in [7, 11) is 0. The van der Waals surface area contributed by atoms with Gasteiger partial charge in [-0.1, -0.05) is 0 Å². The molecule has 0 saturated heterocycles. The second kappa shape index (κ2) is 4.52. The van der Waals surface area contributed by atoms with Crippen molar-refractivity contribution in [3.63, 3.8) is 0 Å². The Hall–Kier alpha value is -2.70. The van der Waals surface area contributed by atoms with Gasteiger partial charge in [0, 0.05) is 17.2 Å². The molecular weight excluding hydrogens is 252 g/mol. The molecule has 2 aromatic rings. The third-order valence-electron chi connectivity index (χ3n) is 2.64. The summed E-state index contributed by atoms with van der Waals surface area (Å²) < 4.78 is 5.26. The van der Waals surface area contributed by atoms with Crippen LogP contribution in [0.5, 0.6) is 0 Å². The minimum absolute atomic E-state index is 0.00881.